The highest BCUT2D eigenvalue weighted by molar-refractivity contribution is 7.99. The van der Waals surface area contributed by atoms with Crippen LogP contribution in [0.2, 0.25) is 0 Å². The van der Waals surface area contributed by atoms with E-state index in [0.29, 0.717) is 42.3 Å². The van der Waals surface area contributed by atoms with E-state index in [-0.39, 0.29) is 11.5 Å². The van der Waals surface area contributed by atoms with E-state index in [1.807, 2.05) is 22.9 Å². The average molecular weight is 421 g/mol. The number of carbonyl (C=O) groups excluding carboxylic acids is 1. The molecule has 0 radical (unpaired) electrons. The Morgan fingerprint density at radius 3 is 3.00 bits per heavy atom. The fourth-order valence-corrected chi connectivity index (χ4v) is 5.38. The average Bonchev–Trinajstić information content (AvgIpc) is 3.31. The van der Waals surface area contributed by atoms with E-state index in [2.05, 4.69) is 6.58 Å². The van der Waals surface area contributed by atoms with Gasteiger partial charge in [0.1, 0.15) is 4.83 Å². The number of thioether (sulfide) groups is 1. The SMILES string of the molecule is C=CCn1c(SCCCC(=O)OCC)nc2scc(-c3cccs3)c2c1=O. The van der Waals surface area contributed by atoms with Gasteiger partial charge in [0.05, 0.1) is 12.0 Å². The van der Waals surface area contributed by atoms with Crippen molar-refractivity contribution in [2.45, 2.75) is 31.5 Å². The van der Waals surface area contributed by atoms with Crippen LogP contribution in [0.3, 0.4) is 0 Å². The lowest BCUT2D eigenvalue weighted by Gasteiger charge is -2.10. The highest BCUT2D eigenvalue weighted by atomic mass is 32.2. The standard InChI is InChI=1S/C19H20N2O3S3/c1-3-9-21-18(23)16-13(14-7-5-10-25-14)12-27-17(16)20-19(21)26-11-6-8-15(22)24-4-2/h3,5,7,10,12H,1,4,6,8-9,11H2,2H3. The summed E-state index contributed by atoms with van der Waals surface area (Å²) in [6, 6.07) is 3.99. The van der Waals surface area contributed by atoms with Crippen LogP contribution >= 0.6 is 34.4 Å². The van der Waals surface area contributed by atoms with Gasteiger partial charge in [0, 0.05) is 34.5 Å². The van der Waals surface area contributed by atoms with Crippen molar-refractivity contribution in [3.8, 4) is 10.4 Å². The maximum absolute atomic E-state index is 13.1. The van der Waals surface area contributed by atoms with Crippen LogP contribution in [0.15, 0.2) is 45.5 Å². The van der Waals surface area contributed by atoms with Crippen molar-refractivity contribution in [2.75, 3.05) is 12.4 Å². The maximum atomic E-state index is 13.1. The second-order valence-electron chi connectivity index (χ2n) is 5.66. The molecule has 5 nitrogen and oxygen atoms in total. The summed E-state index contributed by atoms with van der Waals surface area (Å²) >= 11 is 4.59. The zero-order chi connectivity index (χ0) is 19.2. The van der Waals surface area contributed by atoms with Gasteiger partial charge in [-0.2, -0.15) is 0 Å². The molecule has 0 saturated carbocycles. The lowest BCUT2D eigenvalue weighted by atomic mass is 10.2. The van der Waals surface area contributed by atoms with Crippen LogP contribution in [-0.4, -0.2) is 27.9 Å². The van der Waals surface area contributed by atoms with Crippen molar-refractivity contribution in [1.29, 1.82) is 0 Å². The molecule has 0 aromatic carbocycles. The molecule has 3 rings (SSSR count). The molecule has 0 unspecified atom stereocenters. The summed E-state index contributed by atoms with van der Waals surface area (Å²) in [6.07, 6.45) is 2.75. The lowest BCUT2D eigenvalue weighted by Crippen LogP contribution is -2.22. The van der Waals surface area contributed by atoms with Gasteiger partial charge < -0.3 is 4.74 Å². The number of esters is 1. The van der Waals surface area contributed by atoms with Gasteiger partial charge in [0.2, 0.25) is 0 Å². The normalized spacial score (nSPS) is 11.0. The maximum Gasteiger partial charge on any atom is 0.305 e. The Hall–Kier alpha value is -1.90. The molecule has 0 N–H and O–H groups in total. The van der Waals surface area contributed by atoms with Gasteiger partial charge in [0.25, 0.3) is 5.56 Å². The third-order valence-electron chi connectivity index (χ3n) is 3.82. The molecule has 0 aliphatic rings. The number of ether oxygens (including phenoxy) is 1. The minimum atomic E-state index is -0.191. The molecular formula is C19H20N2O3S3. The summed E-state index contributed by atoms with van der Waals surface area (Å²) in [6.45, 7) is 6.36. The monoisotopic (exact) mass is 420 g/mol. The van der Waals surface area contributed by atoms with Gasteiger partial charge in [0.15, 0.2) is 5.16 Å². The van der Waals surface area contributed by atoms with Crippen LogP contribution in [0, 0.1) is 0 Å². The Balaban J connectivity index is 1.87. The molecule has 0 fully saturated rings. The number of aromatic nitrogens is 2. The molecule has 8 heteroatoms. The Labute approximate surface area is 169 Å². The summed E-state index contributed by atoms with van der Waals surface area (Å²) < 4.78 is 6.60. The number of hydrogen-bond acceptors (Lipinski definition) is 7. The van der Waals surface area contributed by atoms with E-state index in [1.54, 1.807) is 28.9 Å². The minimum absolute atomic E-state index is 0.0440. The van der Waals surface area contributed by atoms with Crippen LogP contribution in [0.25, 0.3) is 20.7 Å². The number of nitrogens with zero attached hydrogens (tertiary/aromatic N) is 2. The van der Waals surface area contributed by atoms with Gasteiger partial charge in [-0.05, 0) is 24.8 Å². The molecule has 142 valence electrons. The predicted octanol–water partition coefficient (Wildman–Crippen LogP) is 4.81. The number of allylic oxidation sites excluding steroid dienone is 1. The smallest absolute Gasteiger partial charge is 0.305 e. The second kappa shape index (κ2) is 9.34. The Kier molecular flexibility index (Phi) is 6.87. The zero-order valence-corrected chi connectivity index (χ0v) is 17.4. The molecule has 0 aliphatic heterocycles. The highest BCUT2D eigenvalue weighted by Crippen LogP contribution is 2.34. The molecular weight excluding hydrogens is 400 g/mol. The molecule has 0 atom stereocenters. The van der Waals surface area contributed by atoms with E-state index in [9.17, 15) is 9.59 Å². The van der Waals surface area contributed by atoms with Crippen LogP contribution in [0.1, 0.15) is 19.8 Å². The van der Waals surface area contributed by atoms with E-state index in [4.69, 9.17) is 9.72 Å². The zero-order valence-electron chi connectivity index (χ0n) is 15.0. The Morgan fingerprint density at radius 2 is 2.30 bits per heavy atom. The number of thiophene rings is 2. The number of rotatable bonds is 9. The Bertz CT molecular complexity index is 990. The first-order valence-electron chi connectivity index (χ1n) is 8.61. The highest BCUT2D eigenvalue weighted by Gasteiger charge is 2.17. The molecule has 0 amide bonds. The molecule has 0 bridgehead atoms. The molecule has 3 heterocycles. The van der Waals surface area contributed by atoms with E-state index in [0.717, 1.165) is 15.3 Å². The largest absolute Gasteiger partial charge is 0.466 e. The molecule has 3 aromatic rings. The summed E-state index contributed by atoms with van der Waals surface area (Å²) in [7, 11) is 0. The number of fused-ring (bicyclic) bond motifs is 1. The number of carbonyl (C=O) groups is 1. The molecule has 0 spiro atoms. The first-order chi connectivity index (χ1) is 13.2. The van der Waals surface area contributed by atoms with Gasteiger partial charge >= 0.3 is 5.97 Å². The summed E-state index contributed by atoms with van der Waals surface area (Å²) in [5.74, 6) is 0.501. The van der Waals surface area contributed by atoms with Gasteiger partial charge in [-0.25, -0.2) is 4.98 Å². The van der Waals surface area contributed by atoms with Crippen molar-refractivity contribution in [2.24, 2.45) is 0 Å². The summed E-state index contributed by atoms with van der Waals surface area (Å²) in [5, 5.41) is 5.33. The topological polar surface area (TPSA) is 61.2 Å². The van der Waals surface area contributed by atoms with E-state index in [1.165, 1.54) is 23.1 Å². The van der Waals surface area contributed by atoms with Crippen LogP contribution in [0.4, 0.5) is 0 Å². The minimum Gasteiger partial charge on any atom is -0.466 e. The van der Waals surface area contributed by atoms with Crippen LogP contribution in [-0.2, 0) is 16.1 Å². The molecule has 27 heavy (non-hydrogen) atoms. The first-order valence-corrected chi connectivity index (χ1v) is 11.4. The summed E-state index contributed by atoms with van der Waals surface area (Å²) in [5.41, 5.74) is 0.900. The lowest BCUT2D eigenvalue weighted by molar-refractivity contribution is -0.143. The fraction of sp³-hybridized carbons (Fsp3) is 0.316. The van der Waals surface area contributed by atoms with Crippen molar-refractivity contribution in [3.05, 3.63) is 45.9 Å². The van der Waals surface area contributed by atoms with E-state index < -0.39 is 0 Å². The van der Waals surface area contributed by atoms with Crippen molar-refractivity contribution in [3.63, 3.8) is 0 Å². The Morgan fingerprint density at radius 1 is 1.44 bits per heavy atom. The quantitative estimate of drug-likeness (QED) is 0.163. The molecule has 0 saturated heterocycles. The summed E-state index contributed by atoms with van der Waals surface area (Å²) in [4.78, 5) is 31.1. The number of hydrogen-bond donors (Lipinski definition) is 0. The third kappa shape index (κ3) is 4.51. The van der Waals surface area contributed by atoms with Crippen molar-refractivity contribution >= 4 is 50.6 Å². The predicted molar refractivity (Wildman–Crippen MR) is 114 cm³/mol. The van der Waals surface area contributed by atoms with Crippen LogP contribution in [0.5, 0.6) is 0 Å². The fourth-order valence-electron chi connectivity index (χ4n) is 2.63. The molecule has 3 aromatic heterocycles. The van der Waals surface area contributed by atoms with Crippen LogP contribution < -0.4 is 5.56 Å². The van der Waals surface area contributed by atoms with Crippen molar-refractivity contribution < 1.29 is 9.53 Å². The van der Waals surface area contributed by atoms with Gasteiger partial charge in [-0.3, -0.25) is 14.2 Å². The first kappa shape index (κ1) is 19.9. The third-order valence-corrected chi connectivity index (χ3v) is 6.66. The molecule has 0 aliphatic carbocycles. The second-order valence-corrected chi connectivity index (χ2v) is 8.53. The van der Waals surface area contributed by atoms with Crippen molar-refractivity contribution in [1.82, 2.24) is 9.55 Å². The van der Waals surface area contributed by atoms with Gasteiger partial charge in [-0.1, -0.05) is 23.9 Å². The van der Waals surface area contributed by atoms with E-state index >= 15 is 0 Å². The van der Waals surface area contributed by atoms with Gasteiger partial charge in [-0.15, -0.1) is 29.3 Å².